The van der Waals surface area contributed by atoms with Crippen LogP contribution in [0.5, 0.6) is 0 Å². The SMILES string of the molecule is CCSCCC(CC)(CBr)c1ccccc1. The molecule has 16 heavy (non-hydrogen) atoms. The van der Waals surface area contributed by atoms with Gasteiger partial charge in [0.05, 0.1) is 0 Å². The third-order valence-corrected chi connectivity index (χ3v) is 5.22. The zero-order valence-corrected chi connectivity index (χ0v) is 12.6. The molecule has 0 aliphatic heterocycles. The lowest BCUT2D eigenvalue weighted by Gasteiger charge is -2.31. The lowest BCUT2D eigenvalue weighted by Crippen LogP contribution is -2.28. The lowest BCUT2D eigenvalue weighted by molar-refractivity contribution is 0.455. The van der Waals surface area contributed by atoms with Crippen molar-refractivity contribution in [2.24, 2.45) is 0 Å². The minimum absolute atomic E-state index is 0.323. The Kier molecular flexibility index (Phi) is 6.52. The highest BCUT2D eigenvalue weighted by Gasteiger charge is 2.28. The number of thioether (sulfide) groups is 1. The highest BCUT2D eigenvalue weighted by atomic mass is 79.9. The molecule has 1 aromatic carbocycles. The molecule has 0 N–H and O–H groups in total. The van der Waals surface area contributed by atoms with Crippen LogP contribution in [0.25, 0.3) is 0 Å². The minimum Gasteiger partial charge on any atom is -0.162 e. The second kappa shape index (κ2) is 7.39. The summed E-state index contributed by atoms with van der Waals surface area (Å²) < 4.78 is 0. The summed E-state index contributed by atoms with van der Waals surface area (Å²) in [5.41, 5.74) is 1.80. The van der Waals surface area contributed by atoms with Crippen molar-refractivity contribution in [2.75, 3.05) is 16.8 Å². The van der Waals surface area contributed by atoms with Crippen molar-refractivity contribution in [1.29, 1.82) is 0 Å². The van der Waals surface area contributed by atoms with Crippen LogP contribution < -0.4 is 0 Å². The summed E-state index contributed by atoms with van der Waals surface area (Å²) in [4.78, 5) is 0. The van der Waals surface area contributed by atoms with Gasteiger partial charge < -0.3 is 0 Å². The molecule has 0 bridgehead atoms. The van der Waals surface area contributed by atoms with Crippen molar-refractivity contribution in [3.05, 3.63) is 35.9 Å². The molecule has 0 radical (unpaired) electrons. The van der Waals surface area contributed by atoms with E-state index in [-0.39, 0.29) is 0 Å². The number of alkyl halides is 1. The summed E-state index contributed by atoms with van der Waals surface area (Å²) in [5, 5.41) is 1.06. The maximum atomic E-state index is 3.71. The normalized spacial score (nSPS) is 14.7. The van der Waals surface area contributed by atoms with Crippen LogP contribution in [0.15, 0.2) is 30.3 Å². The Labute approximate surface area is 112 Å². The zero-order valence-electron chi connectivity index (χ0n) is 10.2. The van der Waals surface area contributed by atoms with Gasteiger partial charge in [0.1, 0.15) is 0 Å². The van der Waals surface area contributed by atoms with E-state index in [0.717, 1.165) is 5.33 Å². The Bertz CT molecular complexity index is 280. The maximum absolute atomic E-state index is 3.71. The van der Waals surface area contributed by atoms with Gasteiger partial charge in [-0.25, -0.2) is 0 Å². The molecule has 0 spiro atoms. The smallest absolute Gasteiger partial charge is 0.0129 e. The van der Waals surface area contributed by atoms with E-state index in [9.17, 15) is 0 Å². The highest BCUT2D eigenvalue weighted by molar-refractivity contribution is 9.09. The first-order chi connectivity index (χ1) is 7.79. The van der Waals surface area contributed by atoms with Crippen molar-refractivity contribution in [3.8, 4) is 0 Å². The summed E-state index contributed by atoms with van der Waals surface area (Å²) in [6.45, 7) is 4.53. The molecule has 1 atom stereocenters. The van der Waals surface area contributed by atoms with Crippen LogP contribution >= 0.6 is 27.7 Å². The Morgan fingerprint density at radius 1 is 1.19 bits per heavy atom. The van der Waals surface area contributed by atoms with Gasteiger partial charge in [-0.2, -0.15) is 11.8 Å². The third-order valence-electron chi connectivity index (χ3n) is 3.25. The molecule has 0 aliphatic rings. The molecule has 0 saturated heterocycles. The highest BCUT2D eigenvalue weighted by Crippen LogP contribution is 2.34. The predicted molar refractivity (Wildman–Crippen MR) is 79.8 cm³/mol. The van der Waals surface area contributed by atoms with Gasteiger partial charge in [0.15, 0.2) is 0 Å². The van der Waals surface area contributed by atoms with Crippen molar-refractivity contribution in [1.82, 2.24) is 0 Å². The predicted octanol–water partition coefficient (Wildman–Crippen LogP) is 4.87. The number of halogens is 1. The molecule has 1 rings (SSSR count). The lowest BCUT2D eigenvalue weighted by atomic mass is 9.78. The summed E-state index contributed by atoms with van der Waals surface area (Å²) in [6, 6.07) is 10.9. The second-order valence-electron chi connectivity index (χ2n) is 4.08. The minimum atomic E-state index is 0.323. The third kappa shape index (κ3) is 3.53. The number of hydrogen-bond acceptors (Lipinski definition) is 1. The number of benzene rings is 1. The summed E-state index contributed by atoms with van der Waals surface area (Å²) >= 11 is 5.75. The molecule has 0 aliphatic carbocycles. The molecule has 2 heteroatoms. The summed E-state index contributed by atoms with van der Waals surface area (Å²) in [6.07, 6.45) is 2.46. The van der Waals surface area contributed by atoms with E-state index in [1.54, 1.807) is 0 Å². The van der Waals surface area contributed by atoms with Gasteiger partial charge in [-0.05, 0) is 29.9 Å². The largest absolute Gasteiger partial charge is 0.162 e. The number of rotatable bonds is 7. The molecule has 0 nitrogen and oxygen atoms in total. The summed E-state index contributed by atoms with van der Waals surface area (Å²) in [5.74, 6) is 2.47. The molecule has 1 aromatic rings. The molecule has 0 fully saturated rings. The van der Waals surface area contributed by atoms with Crippen LogP contribution in [0.4, 0.5) is 0 Å². The second-order valence-corrected chi connectivity index (χ2v) is 6.04. The van der Waals surface area contributed by atoms with Crippen molar-refractivity contribution in [3.63, 3.8) is 0 Å². The quantitative estimate of drug-likeness (QED) is 0.511. The monoisotopic (exact) mass is 300 g/mol. The van der Waals surface area contributed by atoms with Gasteiger partial charge in [-0.1, -0.05) is 60.1 Å². The molecule has 0 saturated carbocycles. The van der Waals surface area contributed by atoms with Crippen molar-refractivity contribution in [2.45, 2.75) is 32.1 Å². The molecule has 1 unspecified atom stereocenters. The first-order valence-electron chi connectivity index (χ1n) is 5.98. The Morgan fingerprint density at radius 2 is 1.88 bits per heavy atom. The van der Waals surface area contributed by atoms with E-state index in [0.29, 0.717) is 5.41 Å². The zero-order chi connectivity index (χ0) is 11.9. The molecule has 0 aromatic heterocycles. The van der Waals surface area contributed by atoms with Crippen LogP contribution in [-0.2, 0) is 5.41 Å². The average Bonchev–Trinajstić information content (AvgIpc) is 2.36. The fourth-order valence-electron chi connectivity index (χ4n) is 1.97. The van der Waals surface area contributed by atoms with Crippen molar-refractivity contribution < 1.29 is 0 Å². The first-order valence-corrected chi connectivity index (χ1v) is 8.26. The maximum Gasteiger partial charge on any atom is 0.0129 e. The van der Waals surface area contributed by atoms with Gasteiger partial charge in [0.2, 0.25) is 0 Å². The fourth-order valence-corrected chi connectivity index (χ4v) is 3.79. The fraction of sp³-hybridized carbons (Fsp3) is 0.571. The molecular formula is C14H21BrS. The molecule has 0 amide bonds. The molecular weight excluding hydrogens is 280 g/mol. The van der Waals surface area contributed by atoms with Crippen LogP contribution in [0.2, 0.25) is 0 Å². The van der Waals surface area contributed by atoms with E-state index in [1.165, 1.54) is 29.9 Å². The van der Waals surface area contributed by atoms with Crippen LogP contribution in [-0.4, -0.2) is 16.8 Å². The van der Waals surface area contributed by atoms with Gasteiger partial charge in [-0.3, -0.25) is 0 Å². The standard InChI is InChI=1S/C14H21BrS/c1-3-14(12-15,10-11-16-4-2)13-8-6-5-7-9-13/h5-9H,3-4,10-12H2,1-2H3. The van der Waals surface area contributed by atoms with Crippen molar-refractivity contribution >= 4 is 27.7 Å². The number of hydrogen-bond donors (Lipinski definition) is 0. The summed E-state index contributed by atoms with van der Waals surface area (Å²) in [7, 11) is 0. The van der Waals surface area contributed by atoms with E-state index >= 15 is 0 Å². The average molecular weight is 301 g/mol. The van der Waals surface area contributed by atoms with Gasteiger partial charge in [0, 0.05) is 10.7 Å². The van der Waals surface area contributed by atoms with Crippen LogP contribution in [0, 0.1) is 0 Å². The van der Waals surface area contributed by atoms with Crippen LogP contribution in [0.3, 0.4) is 0 Å². The van der Waals surface area contributed by atoms with E-state index < -0.39 is 0 Å². The topological polar surface area (TPSA) is 0 Å². The van der Waals surface area contributed by atoms with E-state index in [2.05, 4.69) is 60.1 Å². The van der Waals surface area contributed by atoms with E-state index in [4.69, 9.17) is 0 Å². The Hall–Kier alpha value is 0.0500. The van der Waals surface area contributed by atoms with Crippen LogP contribution in [0.1, 0.15) is 32.3 Å². The molecule has 90 valence electrons. The Balaban J connectivity index is 2.79. The Morgan fingerprint density at radius 3 is 2.38 bits per heavy atom. The van der Waals surface area contributed by atoms with Gasteiger partial charge in [0.25, 0.3) is 0 Å². The van der Waals surface area contributed by atoms with Gasteiger partial charge in [-0.15, -0.1) is 0 Å². The van der Waals surface area contributed by atoms with Gasteiger partial charge >= 0.3 is 0 Å². The first kappa shape index (κ1) is 14.1. The van der Waals surface area contributed by atoms with E-state index in [1.807, 2.05) is 11.8 Å². The molecule has 0 heterocycles.